The number of halogens is 1. The van der Waals surface area contributed by atoms with Gasteiger partial charge in [-0.3, -0.25) is 4.79 Å². The van der Waals surface area contributed by atoms with Gasteiger partial charge in [0.15, 0.2) is 0 Å². The Hall–Kier alpha value is -1.91. The molecule has 0 heterocycles. The second-order valence-electron chi connectivity index (χ2n) is 4.52. The molecule has 0 radical (unpaired) electrons. The predicted octanol–water partition coefficient (Wildman–Crippen LogP) is 2.65. The molecule has 2 rings (SSSR count). The first-order valence-corrected chi connectivity index (χ1v) is 5.89. The van der Waals surface area contributed by atoms with Crippen LogP contribution in [-0.4, -0.2) is 17.0 Å². The lowest BCUT2D eigenvalue weighted by molar-refractivity contribution is -0.117. The molecular formula is C13H14FNO3. The molecule has 1 amide bonds. The SMILES string of the molecule is O=C(CC1CCC1)Nc1c(F)cccc1C(=O)O. The van der Waals surface area contributed by atoms with Crippen LogP contribution < -0.4 is 5.32 Å². The largest absolute Gasteiger partial charge is 0.478 e. The summed E-state index contributed by atoms with van der Waals surface area (Å²) in [4.78, 5) is 22.6. The van der Waals surface area contributed by atoms with Gasteiger partial charge in [0, 0.05) is 6.42 Å². The maximum absolute atomic E-state index is 13.5. The maximum Gasteiger partial charge on any atom is 0.337 e. The second-order valence-corrected chi connectivity index (χ2v) is 4.52. The Morgan fingerprint density at radius 3 is 2.67 bits per heavy atom. The maximum atomic E-state index is 13.5. The van der Waals surface area contributed by atoms with E-state index >= 15 is 0 Å². The third-order valence-corrected chi connectivity index (χ3v) is 3.21. The van der Waals surface area contributed by atoms with Gasteiger partial charge in [0.05, 0.1) is 11.3 Å². The van der Waals surface area contributed by atoms with Crippen LogP contribution in [0.3, 0.4) is 0 Å². The van der Waals surface area contributed by atoms with Crippen molar-refractivity contribution in [2.45, 2.75) is 25.7 Å². The van der Waals surface area contributed by atoms with Gasteiger partial charge < -0.3 is 10.4 Å². The predicted molar refractivity (Wildman–Crippen MR) is 63.9 cm³/mol. The van der Waals surface area contributed by atoms with Gasteiger partial charge in [-0.25, -0.2) is 9.18 Å². The molecule has 1 aromatic rings. The first-order valence-electron chi connectivity index (χ1n) is 5.89. The zero-order valence-corrected chi connectivity index (χ0v) is 9.78. The number of benzene rings is 1. The molecule has 18 heavy (non-hydrogen) atoms. The van der Waals surface area contributed by atoms with Crippen molar-refractivity contribution in [3.8, 4) is 0 Å². The van der Waals surface area contributed by atoms with E-state index in [0.717, 1.165) is 25.3 Å². The molecule has 1 saturated carbocycles. The standard InChI is InChI=1S/C13H14FNO3/c14-10-6-2-5-9(13(17)18)12(10)15-11(16)7-8-3-1-4-8/h2,5-6,8H,1,3-4,7H2,(H,15,16)(H,17,18). The summed E-state index contributed by atoms with van der Waals surface area (Å²) in [5.74, 6) is -1.96. The molecule has 1 aliphatic carbocycles. The average molecular weight is 251 g/mol. The molecule has 1 aromatic carbocycles. The fourth-order valence-electron chi connectivity index (χ4n) is 1.98. The Morgan fingerprint density at radius 1 is 1.39 bits per heavy atom. The first kappa shape index (κ1) is 12.5. The lowest BCUT2D eigenvalue weighted by Crippen LogP contribution is -2.22. The normalized spacial score (nSPS) is 14.9. The van der Waals surface area contributed by atoms with Gasteiger partial charge in [-0.2, -0.15) is 0 Å². The van der Waals surface area contributed by atoms with Gasteiger partial charge in [0.1, 0.15) is 5.82 Å². The van der Waals surface area contributed by atoms with Crippen LogP contribution in [0.25, 0.3) is 0 Å². The minimum Gasteiger partial charge on any atom is -0.478 e. The van der Waals surface area contributed by atoms with Crippen molar-refractivity contribution in [2.75, 3.05) is 5.32 Å². The van der Waals surface area contributed by atoms with Crippen molar-refractivity contribution in [3.05, 3.63) is 29.6 Å². The van der Waals surface area contributed by atoms with E-state index in [9.17, 15) is 14.0 Å². The number of rotatable bonds is 4. The average Bonchev–Trinajstić information content (AvgIpc) is 2.26. The fraction of sp³-hybridized carbons (Fsp3) is 0.385. The van der Waals surface area contributed by atoms with Crippen molar-refractivity contribution in [1.29, 1.82) is 0 Å². The molecule has 0 aromatic heterocycles. The van der Waals surface area contributed by atoms with E-state index in [4.69, 9.17) is 5.11 Å². The fourth-order valence-corrected chi connectivity index (χ4v) is 1.98. The van der Waals surface area contributed by atoms with E-state index in [-0.39, 0.29) is 17.2 Å². The van der Waals surface area contributed by atoms with Crippen LogP contribution in [0.2, 0.25) is 0 Å². The third-order valence-electron chi connectivity index (χ3n) is 3.21. The van der Waals surface area contributed by atoms with Crippen LogP contribution in [0.15, 0.2) is 18.2 Å². The van der Waals surface area contributed by atoms with E-state index in [1.54, 1.807) is 0 Å². The molecule has 1 fully saturated rings. The van der Waals surface area contributed by atoms with Crippen molar-refractivity contribution < 1.29 is 19.1 Å². The number of hydrogen-bond donors (Lipinski definition) is 2. The van der Waals surface area contributed by atoms with Crippen LogP contribution in [0, 0.1) is 11.7 Å². The molecule has 0 spiro atoms. The third kappa shape index (κ3) is 2.67. The van der Waals surface area contributed by atoms with E-state index in [2.05, 4.69) is 5.32 Å². The van der Waals surface area contributed by atoms with Gasteiger partial charge >= 0.3 is 5.97 Å². The van der Waals surface area contributed by atoms with Crippen LogP contribution in [0.5, 0.6) is 0 Å². The summed E-state index contributed by atoms with van der Waals surface area (Å²) < 4.78 is 13.5. The highest BCUT2D eigenvalue weighted by atomic mass is 19.1. The van der Waals surface area contributed by atoms with Crippen LogP contribution in [0.4, 0.5) is 10.1 Å². The Bertz CT molecular complexity index is 483. The number of anilines is 1. The number of para-hydroxylation sites is 1. The molecule has 0 atom stereocenters. The van der Waals surface area contributed by atoms with E-state index in [0.29, 0.717) is 12.3 Å². The molecule has 0 unspecified atom stereocenters. The van der Waals surface area contributed by atoms with Crippen molar-refractivity contribution in [2.24, 2.45) is 5.92 Å². The summed E-state index contributed by atoms with van der Waals surface area (Å²) in [7, 11) is 0. The number of carboxylic acid groups (broad SMARTS) is 1. The number of aromatic carboxylic acids is 1. The topological polar surface area (TPSA) is 66.4 Å². The van der Waals surface area contributed by atoms with Gasteiger partial charge in [0.25, 0.3) is 0 Å². The summed E-state index contributed by atoms with van der Waals surface area (Å²) in [5, 5.41) is 11.3. The number of carbonyl (C=O) groups is 2. The number of hydrogen-bond acceptors (Lipinski definition) is 2. The summed E-state index contributed by atoms with van der Waals surface area (Å²) in [6.07, 6.45) is 3.47. The van der Waals surface area contributed by atoms with Gasteiger partial charge in [-0.1, -0.05) is 12.5 Å². The summed E-state index contributed by atoms with van der Waals surface area (Å²) in [5.41, 5.74) is -0.466. The van der Waals surface area contributed by atoms with Gasteiger partial charge in [-0.05, 0) is 30.9 Å². The molecule has 5 heteroatoms. The summed E-state index contributed by atoms with van der Waals surface area (Å²) >= 11 is 0. The Morgan fingerprint density at radius 2 is 2.11 bits per heavy atom. The molecule has 1 aliphatic rings. The Balaban J connectivity index is 2.11. The zero-order chi connectivity index (χ0) is 13.1. The molecule has 4 nitrogen and oxygen atoms in total. The molecule has 96 valence electrons. The monoisotopic (exact) mass is 251 g/mol. The molecule has 0 saturated heterocycles. The van der Waals surface area contributed by atoms with Crippen LogP contribution in [0.1, 0.15) is 36.0 Å². The van der Waals surface area contributed by atoms with E-state index in [1.165, 1.54) is 12.1 Å². The second kappa shape index (κ2) is 5.16. The molecule has 0 bridgehead atoms. The molecule has 0 aliphatic heterocycles. The number of amides is 1. The Kier molecular flexibility index (Phi) is 3.60. The zero-order valence-electron chi connectivity index (χ0n) is 9.78. The van der Waals surface area contributed by atoms with Crippen LogP contribution >= 0.6 is 0 Å². The summed E-state index contributed by atoms with van der Waals surface area (Å²) in [6.45, 7) is 0. The van der Waals surface area contributed by atoms with Crippen LogP contribution in [-0.2, 0) is 4.79 Å². The van der Waals surface area contributed by atoms with E-state index < -0.39 is 11.8 Å². The minimum atomic E-state index is -1.26. The van der Waals surface area contributed by atoms with Crippen molar-refractivity contribution >= 4 is 17.6 Å². The minimum absolute atomic E-state index is 0.225. The summed E-state index contributed by atoms with van der Waals surface area (Å²) in [6, 6.07) is 3.70. The van der Waals surface area contributed by atoms with Crippen molar-refractivity contribution in [3.63, 3.8) is 0 Å². The lowest BCUT2D eigenvalue weighted by Gasteiger charge is -2.24. The number of carboxylic acids is 1. The highest BCUT2D eigenvalue weighted by Gasteiger charge is 2.22. The molecular weight excluding hydrogens is 237 g/mol. The Labute approximate surface area is 104 Å². The van der Waals surface area contributed by atoms with E-state index in [1.807, 2.05) is 0 Å². The highest BCUT2D eigenvalue weighted by Crippen LogP contribution is 2.30. The number of carbonyl (C=O) groups excluding carboxylic acids is 1. The molecule has 2 N–H and O–H groups in total. The highest BCUT2D eigenvalue weighted by molar-refractivity contribution is 6.00. The first-order chi connectivity index (χ1) is 8.58. The van der Waals surface area contributed by atoms with Crippen molar-refractivity contribution in [1.82, 2.24) is 0 Å². The quantitative estimate of drug-likeness (QED) is 0.864. The number of nitrogens with one attached hydrogen (secondary N) is 1. The smallest absolute Gasteiger partial charge is 0.337 e. The van der Waals surface area contributed by atoms with Gasteiger partial charge in [0.2, 0.25) is 5.91 Å². The van der Waals surface area contributed by atoms with Gasteiger partial charge in [-0.15, -0.1) is 0 Å². The lowest BCUT2D eigenvalue weighted by atomic mass is 9.83.